The van der Waals surface area contributed by atoms with E-state index in [9.17, 15) is 0 Å². The standard InChI is InChI=1S/C22H22N2O/c1-25-22-13-10-20(11-14-22)17-24-15-3-2-4-21(24)12-9-18-5-7-19(16-23)8-6-18/h2-3,5-14,21H,4,15,17H2,1H3. The first kappa shape index (κ1) is 17.0. The zero-order valence-corrected chi connectivity index (χ0v) is 14.4. The van der Waals surface area contributed by atoms with Gasteiger partial charge in [-0.15, -0.1) is 0 Å². The Kier molecular flexibility index (Phi) is 5.66. The number of hydrogen-bond donors (Lipinski definition) is 0. The molecule has 0 amide bonds. The van der Waals surface area contributed by atoms with Gasteiger partial charge in [0.2, 0.25) is 0 Å². The number of nitrogens with zero attached hydrogens (tertiary/aromatic N) is 2. The van der Waals surface area contributed by atoms with E-state index in [1.54, 1.807) is 7.11 Å². The maximum atomic E-state index is 8.88. The molecule has 1 unspecified atom stereocenters. The molecule has 1 heterocycles. The van der Waals surface area contributed by atoms with E-state index in [0.29, 0.717) is 11.6 Å². The van der Waals surface area contributed by atoms with Crippen molar-refractivity contribution in [3.05, 3.63) is 83.4 Å². The van der Waals surface area contributed by atoms with Crippen LogP contribution in [-0.4, -0.2) is 24.6 Å². The summed E-state index contributed by atoms with van der Waals surface area (Å²) >= 11 is 0. The molecular formula is C22H22N2O. The average molecular weight is 330 g/mol. The minimum atomic E-state index is 0.378. The summed E-state index contributed by atoms with van der Waals surface area (Å²) in [6.45, 7) is 1.87. The Morgan fingerprint density at radius 2 is 1.88 bits per heavy atom. The van der Waals surface area contributed by atoms with Gasteiger partial charge in [0.15, 0.2) is 0 Å². The van der Waals surface area contributed by atoms with Gasteiger partial charge in [0.1, 0.15) is 5.75 Å². The fourth-order valence-electron chi connectivity index (χ4n) is 2.97. The maximum Gasteiger partial charge on any atom is 0.118 e. The number of nitriles is 1. The average Bonchev–Trinajstić information content (AvgIpc) is 2.68. The molecular weight excluding hydrogens is 308 g/mol. The molecule has 0 bridgehead atoms. The van der Waals surface area contributed by atoms with E-state index in [-0.39, 0.29) is 0 Å². The van der Waals surface area contributed by atoms with E-state index in [4.69, 9.17) is 10.00 Å². The summed E-state index contributed by atoms with van der Waals surface area (Å²) < 4.78 is 5.23. The predicted octanol–water partition coefficient (Wildman–Crippen LogP) is 4.41. The molecule has 3 nitrogen and oxygen atoms in total. The summed E-state index contributed by atoms with van der Waals surface area (Å²) in [5.41, 5.74) is 3.10. The number of ether oxygens (including phenoxy) is 1. The molecule has 0 saturated heterocycles. The number of rotatable bonds is 5. The van der Waals surface area contributed by atoms with E-state index in [1.165, 1.54) is 5.56 Å². The van der Waals surface area contributed by atoms with Crippen LogP contribution in [0.25, 0.3) is 6.08 Å². The van der Waals surface area contributed by atoms with Crippen LogP contribution in [0, 0.1) is 11.3 Å². The first-order valence-electron chi connectivity index (χ1n) is 8.49. The SMILES string of the molecule is COc1ccc(CN2CC=CCC2C=Cc2ccc(C#N)cc2)cc1. The second kappa shape index (κ2) is 8.32. The Hall–Kier alpha value is -2.83. The third-order valence-electron chi connectivity index (χ3n) is 4.45. The first-order chi connectivity index (χ1) is 12.3. The first-order valence-corrected chi connectivity index (χ1v) is 8.49. The molecule has 2 aromatic rings. The molecule has 25 heavy (non-hydrogen) atoms. The molecule has 126 valence electrons. The third kappa shape index (κ3) is 4.59. The highest BCUT2D eigenvalue weighted by Crippen LogP contribution is 2.19. The quantitative estimate of drug-likeness (QED) is 0.762. The van der Waals surface area contributed by atoms with Crippen LogP contribution in [0.3, 0.4) is 0 Å². The molecule has 2 aromatic carbocycles. The minimum Gasteiger partial charge on any atom is -0.497 e. The van der Waals surface area contributed by atoms with Crippen molar-refractivity contribution in [1.29, 1.82) is 5.26 Å². The largest absolute Gasteiger partial charge is 0.497 e. The van der Waals surface area contributed by atoms with Crippen LogP contribution in [0.5, 0.6) is 5.75 Å². The predicted molar refractivity (Wildman–Crippen MR) is 101 cm³/mol. The van der Waals surface area contributed by atoms with E-state index in [1.807, 2.05) is 36.4 Å². The molecule has 3 heteroatoms. The molecule has 0 N–H and O–H groups in total. The fraction of sp³-hybridized carbons (Fsp3) is 0.227. The van der Waals surface area contributed by atoms with Gasteiger partial charge >= 0.3 is 0 Å². The van der Waals surface area contributed by atoms with Crippen LogP contribution in [0.4, 0.5) is 0 Å². The normalized spacial score (nSPS) is 17.5. The van der Waals surface area contributed by atoms with E-state index in [2.05, 4.69) is 47.4 Å². The number of benzene rings is 2. The van der Waals surface area contributed by atoms with Crippen molar-refractivity contribution >= 4 is 6.08 Å². The molecule has 1 atom stereocenters. The van der Waals surface area contributed by atoms with E-state index >= 15 is 0 Å². The van der Waals surface area contributed by atoms with Crippen LogP contribution >= 0.6 is 0 Å². The fourth-order valence-corrected chi connectivity index (χ4v) is 2.97. The molecule has 1 aliphatic rings. The maximum absolute atomic E-state index is 8.88. The van der Waals surface area contributed by atoms with Crippen LogP contribution in [0.15, 0.2) is 66.8 Å². The minimum absolute atomic E-state index is 0.378. The summed E-state index contributed by atoms with van der Waals surface area (Å²) in [6, 6.07) is 18.5. The summed E-state index contributed by atoms with van der Waals surface area (Å²) in [5.74, 6) is 0.888. The Morgan fingerprint density at radius 1 is 1.12 bits per heavy atom. The van der Waals surface area contributed by atoms with Crippen molar-refractivity contribution in [2.24, 2.45) is 0 Å². The lowest BCUT2D eigenvalue weighted by Crippen LogP contribution is -2.35. The Morgan fingerprint density at radius 3 is 2.56 bits per heavy atom. The van der Waals surface area contributed by atoms with Gasteiger partial charge in [-0.1, -0.05) is 48.6 Å². The zero-order valence-electron chi connectivity index (χ0n) is 14.4. The Balaban J connectivity index is 1.68. The molecule has 0 radical (unpaired) electrons. The second-order valence-corrected chi connectivity index (χ2v) is 6.14. The lowest BCUT2D eigenvalue weighted by molar-refractivity contribution is 0.236. The molecule has 0 saturated carbocycles. The highest BCUT2D eigenvalue weighted by Gasteiger charge is 2.17. The van der Waals surface area contributed by atoms with Crippen molar-refractivity contribution < 1.29 is 4.74 Å². The van der Waals surface area contributed by atoms with Gasteiger partial charge in [-0.2, -0.15) is 5.26 Å². The summed E-state index contributed by atoms with van der Waals surface area (Å²) in [7, 11) is 1.69. The highest BCUT2D eigenvalue weighted by molar-refractivity contribution is 5.51. The lowest BCUT2D eigenvalue weighted by atomic mass is 10.0. The van der Waals surface area contributed by atoms with Gasteiger partial charge in [-0.25, -0.2) is 0 Å². The van der Waals surface area contributed by atoms with Crippen molar-refractivity contribution in [2.45, 2.75) is 19.0 Å². The van der Waals surface area contributed by atoms with Crippen molar-refractivity contribution in [3.8, 4) is 11.8 Å². The van der Waals surface area contributed by atoms with Crippen LogP contribution in [-0.2, 0) is 6.54 Å². The van der Waals surface area contributed by atoms with Gasteiger partial charge in [0.25, 0.3) is 0 Å². The molecule has 0 spiro atoms. The smallest absolute Gasteiger partial charge is 0.118 e. The zero-order chi connectivity index (χ0) is 17.5. The number of hydrogen-bond acceptors (Lipinski definition) is 3. The van der Waals surface area contributed by atoms with Gasteiger partial charge in [-0.3, -0.25) is 4.90 Å². The van der Waals surface area contributed by atoms with E-state index in [0.717, 1.165) is 30.8 Å². The van der Waals surface area contributed by atoms with Crippen LogP contribution < -0.4 is 4.74 Å². The summed E-state index contributed by atoms with van der Waals surface area (Å²) in [5, 5.41) is 8.88. The highest BCUT2D eigenvalue weighted by atomic mass is 16.5. The molecule has 0 fully saturated rings. The molecule has 3 rings (SSSR count). The van der Waals surface area contributed by atoms with Gasteiger partial charge in [-0.05, 0) is 41.8 Å². The monoisotopic (exact) mass is 330 g/mol. The van der Waals surface area contributed by atoms with Gasteiger partial charge in [0, 0.05) is 19.1 Å². The third-order valence-corrected chi connectivity index (χ3v) is 4.45. The van der Waals surface area contributed by atoms with Gasteiger partial charge in [0.05, 0.1) is 18.7 Å². The Labute approximate surface area is 149 Å². The summed E-state index contributed by atoms with van der Waals surface area (Å²) in [4.78, 5) is 2.46. The molecule has 1 aliphatic heterocycles. The van der Waals surface area contributed by atoms with Crippen LogP contribution in [0.1, 0.15) is 23.1 Å². The van der Waals surface area contributed by atoms with Crippen molar-refractivity contribution in [3.63, 3.8) is 0 Å². The van der Waals surface area contributed by atoms with Crippen LogP contribution in [0.2, 0.25) is 0 Å². The molecule has 0 aromatic heterocycles. The van der Waals surface area contributed by atoms with E-state index < -0.39 is 0 Å². The van der Waals surface area contributed by atoms with Gasteiger partial charge < -0.3 is 4.74 Å². The molecule has 0 aliphatic carbocycles. The lowest BCUT2D eigenvalue weighted by Gasteiger charge is -2.31. The second-order valence-electron chi connectivity index (χ2n) is 6.14. The number of methoxy groups -OCH3 is 1. The Bertz CT molecular complexity index is 782. The topological polar surface area (TPSA) is 36.3 Å². The summed E-state index contributed by atoms with van der Waals surface area (Å²) in [6.07, 6.45) is 9.90. The van der Waals surface area contributed by atoms with Crippen molar-refractivity contribution in [2.75, 3.05) is 13.7 Å². The van der Waals surface area contributed by atoms with Crippen molar-refractivity contribution in [1.82, 2.24) is 4.90 Å².